The summed E-state index contributed by atoms with van der Waals surface area (Å²) in [5, 5.41) is 11.5. The molecule has 0 bridgehead atoms. The van der Waals surface area contributed by atoms with Crippen LogP contribution >= 0.6 is 11.6 Å². The molecule has 0 aliphatic heterocycles. The zero-order valence-electron chi connectivity index (χ0n) is 7.52. The molecule has 0 heterocycles. The van der Waals surface area contributed by atoms with Crippen LogP contribution in [0.2, 0.25) is 5.02 Å². The molecule has 14 heavy (non-hydrogen) atoms. The van der Waals surface area contributed by atoms with Crippen LogP contribution < -0.4 is 5.32 Å². The number of hydrogen-bond acceptors (Lipinski definition) is 2. The molecule has 78 valence electrons. The highest BCUT2D eigenvalue weighted by Gasteiger charge is 2.09. The van der Waals surface area contributed by atoms with Crippen molar-refractivity contribution in [1.82, 2.24) is 0 Å². The van der Waals surface area contributed by atoms with Crippen LogP contribution in [0, 0.1) is 11.6 Å². The summed E-state index contributed by atoms with van der Waals surface area (Å²) in [6.07, 6.45) is -0.629. The summed E-state index contributed by atoms with van der Waals surface area (Å²) in [5.74, 6) is -1.49. The van der Waals surface area contributed by atoms with Crippen molar-refractivity contribution in [2.24, 2.45) is 0 Å². The molecule has 1 aromatic rings. The first-order valence-corrected chi connectivity index (χ1v) is 4.45. The van der Waals surface area contributed by atoms with Crippen molar-refractivity contribution in [3.05, 3.63) is 28.8 Å². The molecule has 0 aliphatic rings. The van der Waals surface area contributed by atoms with Crippen LogP contribution in [-0.4, -0.2) is 17.8 Å². The van der Waals surface area contributed by atoms with Crippen LogP contribution in [0.5, 0.6) is 0 Å². The van der Waals surface area contributed by atoms with E-state index in [0.717, 1.165) is 12.1 Å². The normalized spacial score (nSPS) is 12.6. The first kappa shape index (κ1) is 11.2. The Morgan fingerprint density at radius 3 is 2.64 bits per heavy atom. The fourth-order valence-corrected chi connectivity index (χ4v) is 1.22. The van der Waals surface area contributed by atoms with Crippen LogP contribution in [0.4, 0.5) is 14.5 Å². The molecule has 0 saturated heterocycles. The fourth-order valence-electron chi connectivity index (χ4n) is 0.961. The highest BCUT2D eigenvalue weighted by atomic mass is 35.5. The average molecular weight is 222 g/mol. The first-order chi connectivity index (χ1) is 6.50. The third-order valence-corrected chi connectivity index (χ3v) is 1.88. The van der Waals surface area contributed by atoms with Gasteiger partial charge in [-0.2, -0.15) is 0 Å². The summed E-state index contributed by atoms with van der Waals surface area (Å²) in [6, 6.07) is 1.74. The molecule has 0 aliphatic carbocycles. The first-order valence-electron chi connectivity index (χ1n) is 4.07. The molecule has 0 aromatic heterocycles. The largest absolute Gasteiger partial charge is 0.392 e. The molecule has 1 atom stereocenters. The second kappa shape index (κ2) is 4.57. The van der Waals surface area contributed by atoms with E-state index >= 15 is 0 Å². The summed E-state index contributed by atoms with van der Waals surface area (Å²) in [7, 11) is 0. The van der Waals surface area contributed by atoms with Gasteiger partial charge in [0.1, 0.15) is 5.82 Å². The molecule has 5 heteroatoms. The molecular formula is C9H10ClF2NO. The monoisotopic (exact) mass is 221 g/mol. The van der Waals surface area contributed by atoms with Crippen molar-refractivity contribution in [1.29, 1.82) is 0 Å². The Morgan fingerprint density at radius 1 is 1.50 bits per heavy atom. The lowest BCUT2D eigenvalue weighted by molar-refractivity contribution is 0.208. The van der Waals surface area contributed by atoms with E-state index < -0.39 is 17.7 Å². The Bertz CT molecular complexity index is 308. The lowest BCUT2D eigenvalue weighted by atomic mass is 10.3. The second-order valence-corrected chi connectivity index (χ2v) is 3.38. The third-order valence-electron chi connectivity index (χ3n) is 1.58. The number of anilines is 1. The molecule has 1 aromatic carbocycles. The Kier molecular flexibility index (Phi) is 3.66. The molecule has 0 spiro atoms. The van der Waals surface area contributed by atoms with E-state index in [0.29, 0.717) is 0 Å². The van der Waals surface area contributed by atoms with Gasteiger partial charge in [-0.1, -0.05) is 11.6 Å². The standard InChI is InChI=1S/C9H10ClF2NO/c1-5(14)4-13-9-7(10)2-6(11)3-8(9)12/h2-3,5,13-14H,4H2,1H3/t5-/m1/s1. The highest BCUT2D eigenvalue weighted by Crippen LogP contribution is 2.26. The summed E-state index contributed by atoms with van der Waals surface area (Å²) in [4.78, 5) is 0. The molecule has 1 rings (SSSR count). The van der Waals surface area contributed by atoms with Crippen molar-refractivity contribution >= 4 is 17.3 Å². The van der Waals surface area contributed by atoms with Crippen molar-refractivity contribution < 1.29 is 13.9 Å². The molecule has 0 saturated carbocycles. The molecule has 2 N–H and O–H groups in total. The van der Waals surface area contributed by atoms with E-state index in [9.17, 15) is 8.78 Å². The third kappa shape index (κ3) is 2.82. The number of aliphatic hydroxyl groups is 1. The van der Waals surface area contributed by atoms with Gasteiger partial charge in [-0.25, -0.2) is 8.78 Å². The van der Waals surface area contributed by atoms with Gasteiger partial charge in [-0.3, -0.25) is 0 Å². The average Bonchev–Trinajstić information content (AvgIpc) is 2.01. The number of benzene rings is 1. The summed E-state index contributed by atoms with van der Waals surface area (Å²) in [6.45, 7) is 1.70. The van der Waals surface area contributed by atoms with Crippen molar-refractivity contribution in [2.75, 3.05) is 11.9 Å². The van der Waals surface area contributed by atoms with Gasteiger partial charge >= 0.3 is 0 Å². The molecule has 0 unspecified atom stereocenters. The van der Waals surface area contributed by atoms with E-state index in [1.54, 1.807) is 6.92 Å². The number of nitrogens with one attached hydrogen (secondary N) is 1. The van der Waals surface area contributed by atoms with Gasteiger partial charge in [0, 0.05) is 12.6 Å². The minimum Gasteiger partial charge on any atom is -0.392 e. The van der Waals surface area contributed by atoms with Gasteiger partial charge < -0.3 is 10.4 Å². The SMILES string of the molecule is C[C@@H](O)CNc1c(F)cc(F)cc1Cl. The maximum absolute atomic E-state index is 13.1. The van der Waals surface area contributed by atoms with Gasteiger partial charge in [-0.05, 0) is 13.0 Å². The zero-order chi connectivity index (χ0) is 10.7. The van der Waals surface area contributed by atoms with Crippen molar-refractivity contribution in [3.63, 3.8) is 0 Å². The van der Waals surface area contributed by atoms with Crippen molar-refractivity contribution in [2.45, 2.75) is 13.0 Å². The molecular weight excluding hydrogens is 212 g/mol. The predicted octanol–water partition coefficient (Wildman–Crippen LogP) is 2.41. The Hall–Kier alpha value is -0.870. The lowest BCUT2D eigenvalue weighted by Crippen LogP contribution is -2.16. The predicted molar refractivity (Wildman–Crippen MR) is 51.5 cm³/mol. The topological polar surface area (TPSA) is 32.3 Å². The van der Waals surface area contributed by atoms with E-state index in [1.807, 2.05) is 0 Å². The van der Waals surface area contributed by atoms with Gasteiger partial charge in [0.2, 0.25) is 0 Å². The molecule has 2 nitrogen and oxygen atoms in total. The summed E-state index contributed by atoms with van der Waals surface area (Å²) < 4.78 is 25.7. The van der Waals surface area contributed by atoms with Crippen LogP contribution in [-0.2, 0) is 0 Å². The maximum Gasteiger partial charge on any atom is 0.150 e. The molecule has 0 amide bonds. The molecule has 0 radical (unpaired) electrons. The minimum absolute atomic E-state index is 0.00830. The number of halogens is 3. The van der Waals surface area contributed by atoms with Crippen LogP contribution in [0.1, 0.15) is 6.92 Å². The lowest BCUT2D eigenvalue weighted by Gasteiger charge is -2.10. The van der Waals surface area contributed by atoms with E-state index in [1.165, 1.54) is 0 Å². The summed E-state index contributed by atoms with van der Waals surface area (Å²) in [5.41, 5.74) is 0.00830. The second-order valence-electron chi connectivity index (χ2n) is 2.97. The smallest absolute Gasteiger partial charge is 0.150 e. The van der Waals surface area contributed by atoms with Gasteiger partial charge in [-0.15, -0.1) is 0 Å². The van der Waals surface area contributed by atoms with E-state index in [2.05, 4.69) is 5.32 Å². The minimum atomic E-state index is -0.768. The van der Waals surface area contributed by atoms with Crippen LogP contribution in [0.15, 0.2) is 12.1 Å². The van der Waals surface area contributed by atoms with Gasteiger partial charge in [0.05, 0.1) is 16.8 Å². The Balaban J connectivity index is 2.86. The number of aliphatic hydroxyl groups excluding tert-OH is 1. The van der Waals surface area contributed by atoms with Gasteiger partial charge in [0.15, 0.2) is 5.82 Å². The maximum atomic E-state index is 13.1. The summed E-state index contributed by atoms with van der Waals surface area (Å²) >= 11 is 5.59. The number of rotatable bonds is 3. The fraction of sp³-hybridized carbons (Fsp3) is 0.333. The van der Waals surface area contributed by atoms with Crippen LogP contribution in [0.3, 0.4) is 0 Å². The Morgan fingerprint density at radius 2 is 2.14 bits per heavy atom. The van der Waals surface area contributed by atoms with Gasteiger partial charge in [0.25, 0.3) is 0 Å². The van der Waals surface area contributed by atoms with Crippen molar-refractivity contribution in [3.8, 4) is 0 Å². The Labute approximate surface area is 85.5 Å². The molecule has 0 fully saturated rings. The van der Waals surface area contributed by atoms with E-state index in [4.69, 9.17) is 16.7 Å². The van der Waals surface area contributed by atoms with E-state index in [-0.39, 0.29) is 17.3 Å². The van der Waals surface area contributed by atoms with Crippen LogP contribution in [0.25, 0.3) is 0 Å². The quantitative estimate of drug-likeness (QED) is 0.822. The number of hydrogen-bond donors (Lipinski definition) is 2. The highest BCUT2D eigenvalue weighted by molar-refractivity contribution is 6.33. The zero-order valence-corrected chi connectivity index (χ0v) is 8.28.